The van der Waals surface area contributed by atoms with Gasteiger partial charge in [0.25, 0.3) is 5.91 Å². The highest BCUT2D eigenvalue weighted by Crippen LogP contribution is 2.35. The van der Waals surface area contributed by atoms with Gasteiger partial charge in [0, 0.05) is 24.6 Å². The summed E-state index contributed by atoms with van der Waals surface area (Å²) >= 11 is 6.56. The van der Waals surface area contributed by atoms with Crippen LogP contribution in [-0.4, -0.2) is 50.4 Å². The average Bonchev–Trinajstić information content (AvgIpc) is 3.52. The molecule has 0 N–H and O–H groups in total. The van der Waals surface area contributed by atoms with E-state index >= 15 is 0 Å². The molecule has 5 rings (SSSR count). The first kappa shape index (κ1) is 20.0. The van der Waals surface area contributed by atoms with Crippen LogP contribution in [0.4, 0.5) is 11.6 Å². The number of nitrogens with zero attached hydrogens (tertiary/aromatic N) is 7. The molecule has 1 amide bonds. The Balaban J connectivity index is 1.48. The predicted molar refractivity (Wildman–Crippen MR) is 122 cm³/mol. The van der Waals surface area contributed by atoms with Crippen molar-refractivity contribution in [3.8, 4) is 11.5 Å². The molecule has 1 atom stereocenters. The van der Waals surface area contributed by atoms with Gasteiger partial charge in [-0.1, -0.05) is 24.5 Å². The number of carbonyl (C=O) groups is 1. The normalized spacial score (nSPS) is 18.0. The number of aryl methyl sites for hydroxylation is 1. The maximum atomic E-state index is 13.3. The molecule has 5 heterocycles. The second kappa shape index (κ2) is 7.96. The molecule has 158 valence electrons. The number of anilines is 2. The fourth-order valence-corrected chi connectivity index (χ4v) is 4.77. The van der Waals surface area contributed by atoms with Crippen molar-refractivity contribution in [3.05, 3.63) is 46.9 Å². The molecule has 0 spiro atoms. The minimum atomic E-state index is -0.102. The highest BCUT2D eigenvalue weighted by Gasteiger charge is 2.34. The summed E-state index contributed by atoms with van der Waals surface area (Å²) in [7, 11) is 1.05. The molecule has 31 heavy (non-hydrogen) atoms. The molecule has 2 aliphatic rings. The molecule has 0 aromatic carbocycles. The summed E-state index contributed by atoms with van der Waals surface area (Å²) in [4.78, 5) is 26.6. The molecular formula is C21H23BClN7O. The van der Waals surface area contributed by atoms with Crippen LogP contribution in [0.25, 0.3) is 11.5 Å². The SMILES string of the molecule is CBC1CCCN1c1cc2c(c(Cl)n1)CN(c1cccc(-c3nncn3CC)n1)C2=O. The highest BCUT2D eigenvalue weighted by atomic mass is 35.5. The molecule has 0 radical (unpaired) electrons. The van der Waals surface area contributed by atoms with Gasteiger partial charge < -0.3 is 9.47 Å². The number of fused-ring (bicyclic) bond motifs is 1. The van der Waals surface area contributed by atoms with Gasteiger partial charge in [-0.3, -0.25) is 9.69 Å². The third-order valence-corrected chi connectivity index (χ3v) is 6.50. The second-order valence-corrected chi connectivity index (χ2v) is 8.27. The van der Waals surface area contributed by atoms with Gasteiger partial charge in [-0.15, -0.1) is 10.2 Å². The zero-order chi connectivity index (χ0) is 21.5. The third-order valence-electron chi connectivity index (χ3n) is 6.19. The smallest absolute Gasteiger partial charge is 0.260 e. The van der Waals surface area contributed by atoms with E-state index in [1.165, 1.54) is 0 Å². The van der Waals surface area contributed by atoms with Crippen LogP contribution in [0, 0.1) is 0 Å². The fraction of sp³-hybridized carbons (Fsp3) is 0.381. The Bertz CT molecular complexity index is 1150. The van der Waals surface area contributed by atoms with Gasteiger partial charge in [0.1, 0.15) is 36.1 Å². The summed E-state index contributed by atoms with van der Waals surface area (Å²) in [5.41, 5.74) is 2.04. The summed E-state index contributed by atoms with van der Waals surface area (Å²) in [6.45, 7) is 6.24. The van der Waals surface area contributed by atoms with Gasteiger partial charge in [0.2, 0.25) is 0 Å². The third kappa shape index (κ3) is 3.37. The van der Waals surface area contributed by atoms with Crippen LogP contribution in [-0.2, 0) is 13.1 Å². The van der Waals surface area contributed by atoms with Crippen molar-refractivity contribution in [3.63, 3.8) is 0 Å². The average molecular weight is 436 g/mol. The van der Waals surface area contributed by atoms with Gasteiger partial charge >= 0.3 is 0 Å². The van der Waals surface area contributed by atoms with E-state index in [0.29, 0.717) is 40.5 Å². The van der Waals surface area contributed by atoms with Crippen LogP contribution in [0.5, 0.6) is 0 Å². The lowest BCUT2D eigenvalue weighted by Crippen LogP contribution is -2.33. The number of carbonyl (C=O) groups excluding carboxylic acids is 1. The fourth-order valence-electron chi connectivity index (χ4n) is 4.52. The van der Waals surface area contributed by atoms with Crippen molar-refractivity contribution in [2.24, 2.45) is 0 Å². The van der Waals surface area contributed by atoms with Gasteiger partial charge in [-0.25, -0.2) is 9.97 Å². The lowest BCUT2D eigenvalue weighted by molar-refractivity contribution is 0.0996. The van der Waals surface area contributed by atoms with Crippen molar-refractivity contribution in [1.29, 1.82) is 0 Å². The molecule has 1 saturated heterocycles. The maximum Gasteiger partial charge on any atom is 0.260 e. The summed E-state index contributed by atoms with van der Waals surface area (Å²) in [5.74, 6) is 2.38. The van der Waals surface area contributed by atoms with E-state index in [0.717, 1.165) is 44.6 Å². The van der Waals surface area contributed by atoms with E-state index in [1.807, 2.05) is 35.8 Å². The molecule has 8 nitrogen and oxygen atoms in total. The van der Waals surface area contributed by atoms with Gasteiger partial charge in [0.05, 0.1) is 12.1 Å². The molecule has 10 heteroatoms. The first-order chi connectivity index (χ1) is 15.1. The predicted octanol–water partition coefficient (Wildman–Crippen LogP) is 2.98. The van der Waals surface area contributed by atoms with Crippen LogP contribution >= 0.6 is 11.6 Å². The molecule has 0 aliphatic carbocycles. The van der Waals surface area contributed by atoms with Crippen molar-refractivity contribution in [1.82, 2.24) is 24.7 Å². The van der Waals surface area contributed by atoms with Crippen molar-refractivity contribution < 1.29 is 4.79 Å². The van der Waals surface area contributed by atoms with Gasteiger partial charge in [-0.2, -0.15) is 0 Å². The van der Waals surface area contributed by atoms with Gasteiger partial charge in [0.15, 0.2) is 5.82 Å². The first-order valence-electron chi connectivity index (χ1n) is 10.7. The van der Waals surface area contributed by atoms with E-state index in [9.17, 15) is 4.79 Å². The first-order valence-corrected chi connectivity index (χ1v) is 11.1. The zero-order valence-electron chi connectivity index (χ0n) is 17.6. The summed E-state index contributed by atoms with van der Waals surface area (Å²) in [6.07, 6.45) is 3.95. The van der Waals surface area contributed by atoms with Crippen molar-refractivity contribution >= 4 is 36.4 Å². The lowest BCUT2D eigenvalue weighted by Gasteiger charge is -2.25. The molecule has 2 aliphatic heterocycles. The second-order valence-electron chi connectivity index (χ2n) is 7.91. The molecule has 3 aromatic heterocycles. The minimum absolute atomic E-state index is 0.102. The number of halogens is 1. The maximum absolute atomic E-state index is 13.3. The highest BCUT2D eigenvalue weighted by molar-refractivity contribution is 6.37. The number of rotatable bonds is 5. The Morgan fingerprint density at radius 3 is 2.94 bits per heavy atom. The molecule has 0 saturated carbocycles. The Morgan fingerprint density at radius 1 is 1.26 bits per heavy atom. The lowest BCUT2D eigenvalue weighted by atomic mass is 9.71. The molecule has 0 bridgehead atoms. The van der Waals surface area contributed by atoms with Crippen LogP contribution in [0.1, 0.15) is 35.7 Å². The number of hydrogen-bond donors (Lipinski definition) is 0. The topological polar surface area (TPSA) is 80.0 Å². The Kier molecular flexibility index (Phi) is 5.13. The molecule has 1 unspecified atom stereocenters. The largest absolute Gasteiger partial charge is 0.361 e. The Morgan fingerprint density at radius 2 is 2.13 bits per heavy atom. The van der Waals surface area contributed by atoms with Crippen LogP contribution in [0.2, 0.25) is 12.0 Å². The number of aromatic nitrogens is 5. The van der Waals surface area contributed by atoms with Crippen LogP contribution in [0.3, 0.4) is 0 Å². The van der Waals surface area contributed by atoms with E-state index in [2.05, 4.69) is 26.9 Å². The minimum Gasteiger partial charge on any atom is -0.361 e. The summed E-state index contributed by atoms with van der Waals surface area (Å²) < 4.78 is 1.92. The van der Waals surface area contributed by atoms with E-state index in [-0.39, 0.29) is 5.91 Å². The van der Waals surface area contributed by atoms with E-state index < -0.39 is 0 Å². The molecular weight excluding hydrogens is 413 g/mol. The summed E-state index contributed by atoms with van der Waals surface area (Å²) in [5, 5.41) is 8.55. The van der Waals surface area contributed by atoms with E-state index in [4.69, 9.17) is 16.6 Å². The standard InChI is InChI=1S/C21H23BClN7O/c1-3-28-12-24-27-20(28)15-6-4-8-17(25-15)30-11-14-13(21(30)31)10-18(26-19(14)23)29-9-5-7-16(29)22-2/h4,6,8,10,12,16,22H,3,5,7,9,11H2,1-2H3. The monoisotopic (exact) mass is 435 g/mol. The summed E-state index contributed by atoms with van der Waals surface area (Å²) in [6, 6.07) is 7.48. The number of amides is 1. The van der Waals surface area contributed by atoms with Crippen LogP contribution < -0.4 is 9.80 Å². The molecule has 1 fully saturated rings. The van der Waals surface area contributed by atoms with Crippen LogP contribution in [0.15, 0.2) is 30.6 Å². The quantitative estimate of drug-likeness (QED) is 0.453. The molecule has 3 aromatic rings. The van der Waals surface area contributed by atoms with Crippen molar-refractivity contribution in [2.75, 3.05) is 16.3 Å². The Hall–Kier alpha value is -2.94. The van der Waals surface area contributed by atoms with Gasteiger partial charge in [-0.05, 0) is 38.0 Å². The number of pyridine rings is 2. The number of hydrogen-bond acceptors (Lipinski definition) is 6. The van der Waals surface area contributed by atoms with Crippen molar-refractivity contribution in [2.45, 2.75) is 45.6 Å². The zero-order valence-corrected chi connectivity index (χ0v) is 18.4. The van der Waals surface area contributed by atoms with E-state index in [1.54, 1.807) is 11.2 Å². The Labute approximate surface area is 186 Å².